The van der Waals surface area contributed by atoms with Crippen molar-refractivity contribution in [1.82, 2.24) is 15.5 Å². The van der Waals surface area contributed by atoms with Gasteiger partial charge in [-0.2, -0.15) is 0 Å². The summed E-state index contributed by atoms with van der Waals surface area (Å²) < 4.78 is 0. The van der Waals surface area contributed by atoms with Crippen LogP contribution in [0.5, 0.6) is 0 Å². The van der Waals surface area contributed by atoms with Crippen molar-refractivity contribution in [1.29, 1.82) is 0 Å². The molecule has 4 N–H and O–H groups in total. The molecule has 6 heteroatoms. The number of hydrogen-bond donors (Lipinski definition) is 3. The van der Waals surface area contributed by atoms with Gasteiger partial charge >= 0.3 is 6.03 Å². The summed E-state index contributed by atoms with van der Waals surface area (Å²) in [6, 6.07) is -0.484. The van der Waals surface area contributed by atoms with Crippen LogP contribution in [0, 0.1) is 11.8 Å². The van der Waals surface area contributed by atoms with Gasteiger partial charge in [-0.25, -0.2) is 4.79 Å². The first kappa shape index (κ1) is 14.1. The molecule has 1 unspecified atom stereocenters. The molecule has 0 bridgehead atoms. The maximum Gasteiger partial charge on any atom is 0.312 e. The van der Waals surface area contributed by atoms with Crippen molar-refractivity contribution in [3.63, 3.8) is 0 Å². The van der Waals surface area contributed by atoms with Crippen LogP contribution in [0.3, 0.4) is 0 Å². The van der Waals surface area contributed by atoms with Crippen molar-refractivity contribution in [2.24, 2.45) is 17.6 Å². The van der Waals surface area contributed by atoms with Crippen molar-refractivity contribution in [2.45, 2.75) is 25.7 Å². The highest BCUT2D eigenvalue weighted by molar-refractivity contribution is 5.79. The summed E-state index contributed by atoms with van der Waals surface area (Å²) in [5.41, 5.74) is 5.08. The summed E-state index contributed by atoms with van der Waals surface area (Å²) in [4.78, 5) is 25.1. The minimum Gasteiger partial charge on any atom is -0.352 e. The second-order valence-electron chi connectivity index (χ2n) is 5.56. The molecule has 2 fully saturated rings. The lowest BCUT2D eigenvalue weighted by atomic mass is 9.93. The fourth-order valence-electron chi connectivity index (χ4n) is 3.00. The zero-order chi connectivity index (χ0) is 13.7. The Morgan fingerprint density at radius 3 is 2.68 bits per heavy atom. The number of likely N-dealkylation sites (tertiary alicyclic amines) is 1. The van der Waals surface area contributed by atoms with Gasteiger partial charge in [0.05, 0.1) is 0 Å². The molecule has 0 aliphatic carbocycles. The van der Waals surface area contributed by atoms with Gasteiger partial charge in [0.15, 0.2) is 0 Å². The van der Waals surface area contributed by atoms with E-state index in [9.17, 15) is 9.59 Å². The topological polar surface area (TPSA) is 87.5 Å². The average molecular weight is 268 g/mol. The van der Waals surface area contributed by atoms with Crippen LogP contribution in [-0.4, -0.2) is 49.6 Å². The SMILES string of the molecule is NC(=O)NCC1CCCN(C(=O)C2CCNCC2)C1. The van der Waals surface area contributed by atoms with Gasteiger partial charge in [-0.05, 0) is 44.7 Å². The first-order valence-electron chi connectivity index (χ1n) is 7.19. The number of carbonyl (C=O) groups excluding carboxylic acids is 2. The molecule has 2 aliphatic rings. The number of primary amides is 1. The molecule has 0 aromatic carbocycles. The Morgan fingerprint density at radius 2 is 2.00 bits per heavy atom. The van der Waals surface area contributed by atoms with E-state index in [1.54, 1.807) is 0 Å². The van der Waals surface area contributed by atoms with E-state index in [-0.39, 0.29) is 5.92 Å². The Kier molecular flexibility index (Phi) is 5.01. The molecule has 108 valence electrons. The molecule has 1 atom stereocenters. The number of amides is 3. The smallest absolute Gasteiger partial charge is 0.312 e. The average Bonchev–Trinajstić information content (AvgIpc) is 2.45. The van der Waals surface area contributed by atoms with Gasteiger partial charge in [-0.15, -0.1) is 0 Å². The van der Waals surface area contributed by atoms with Crippen LogP contribution in [0.15, 0.2) is 0 Å². The predicted octanol–water partition coefficient (Wildman–Crippen LogP) is -0.107. The van der Waals surface area contributed by atoms with Crippen LogP contribution in [0.1, 0.15) is 25.7 Å². The minimum atomic E-state index is -0.484. The molecule has 2 saturated heterocycles. The molecular formula is C13H24N4O2. The Hall–Kier alpha value is -1.30. The molecule has 3 amide bonds. The highest BCUT2D eigenvalue weighted by atomic mass is 16.2. The molecule has 0 radical (unpaired) electrons. The lowest BCUT2D eigenvalue weighted by molar-refractivity contribution is -0.138. The Bertz CT molecular complexity index is 329. The van der Waals surface area contributed by atoms with Crippen molar-refractivity contribution in [3.05, 3.63) is 0 Å². The fraction of sp³-hybridized carbons (Fsp3) is 0.846. The summed E-state index contributed by atoms with van der Waals surface area (Å²) >= 11 is 0. The van der Waals surface area contributed by atoms with Crippen LogP contribution in [0.25, 0.3) is 0 Å². The quantitative estimate of drug-likeness (QED) is 0.667. The molecule has 19 heavy (non-hydrogen) atoms. The van der Waals surface area contributed by atoms with E-state index in [0.29, 0.717) is 18.4 Å². The number of nitrogens with zero attached hydrogens (tertiary/aromatic N) is 1. The molecule has 0 aromatic heterocycles. The first-order chi connectivity index (χ1) is 9.16. The fourth-order valence-corrected chi connectivity index (χ4v) is 3.00. The molecule has 2 rings (SSSR count). The number of hydrogen-bond acceptors (Lipinski definition) is 3. The molecule has 6 nitrogen and oxygen atoms in total. The van der Waals surface area contributed by atoms with Gasteiger partial charge in [-0.3, -0.25) is 4.79 Å². The number of nitrogens with two attached hydrogens (primary N) is 1. The third-order valence-corrected chi connectivity index (χ3v) is 4.08. The standard InChI is InChI=1S/C13H24N4O2/c14-13(19)16-8-10-2-1-7-17(9-10)12(18)11-3-5-15-6-4-11/h10-11,15H,1-9H2,(H3,14,16,19). The Labute approximate surface area is 114 Å². The van der Waals surface area contributed by atoms with Gasteiger partial charge in [0.2, 0.25) is 5.91 Å². The summed E-state index contributed by atoms with van der Waals surface area (Å²) in [6.45, 7) is 4.07. The molecule has 0 saturated carbocycles. The van der Waals surface area contributed by atoms with Crippen molar-refractivity contribution < 1.29 is 9.59 Å². The van der Waals surface area contributed by atoms with Gasteiger partial charge in [0.25, 0.3) is 0 Å². The number of piperidine rings is 2. The highest BCUT2D eigenvalue weighted by Gasteiger charge is 2.29. The minimum absolute atomic E-state index is 0.184. The van der Waals surface area contributed by atoms with Gasteiger partial charge in [-0.1, -0.05) is 0 Å². The van der Waals surface area contributed by atoms with Crippen LogP contribution < -0.4 is 16.4 Å². The second-order valence-corrected chi connectivity index (χ2v) is 5.56. The van der Waals surface area contributed by atoms with E-state index >= 15 is 0 Å². The van der Waals surface area contributed by atoms with E-state index in [4.69, 9.17) is 5.73 Å². The first-order valence-corrected chi connectivity index (χ1v) is 7.19. The zero-order valence-corrected chi connectivity index (χ0v) is 11.4. The van der Waals surface area contributed by atoms with E-state index in [1.807, 2.05) is 4.90 Å². The van der Waals surface area contributed by atoms with Gasteiger partial charge in [0.1, 0.15) is 0 Å². The third kappa shape index (κ3) is 4.09. The summed E-state index contributed by atoms with van der Waals surface area (Å²) in [5.74, 6) is 0.821. The number of urea groups is 1. The Morgan fingerprint density at radius 1 is 1.26 bits per heavy atom. The van der Waals surface area contributed by atoms with E-state index < -0.39 is 6.03 Å². The maximum absolute atomic E-state index is 12.4. The molecular weight excluding hydrogens is 244 g/mol. The summed E-state index contributed by atoms with van der Waals surface area (Å²) in [7, 11) is 0. The van der Waals surface area contributed by atoms with Crippen LogP contribution in [0.4, 0.5) is 4.79 Å². The number of nitrogens with one attached hydrogen (secondary N) is 2. The second kappa shape index (κ2) is 6.75. The summed E-state index contributed by atoms with van der Waals surface area (Å²) in [5, 5.41) is 5.93. The Balaban J connectivity index is 1.82. The number of carbonyl (C=O) groups is 2. The van der Waals surface area contributed by atoms with Crippen molar-refractivity contribution in [2.75, 3.05) is 32.7 Å². The van der Waals surface area contributed by atoms with Gasteiger partial charge < -0.3 is 21.3 Å². The normalized spacial score (nSPS) is 25.1. The summed E-state index contributed by atoms with van der Waals surface area (Å²) in [6.07, 6.45) is 3.96. The molecule has 0 spiro atoms. The third-order valence-electron chi connectivity index (χ3n) is 4.08. The lowest BCUT2D eigenvalue weighted by Crippen LogP contribution is -2.47. The van der Waals surface area contributed by atoms with E-state index in [2.05, 4.69) is 10.6 Å². The zero-order valence-electron chi connectivity index (χ0n) is 11.4. The van der Waals surface area contributed by atoms with Crippen molar-refractivity contribution in [3.8, 4) is 0 Å². The van der Waals surface area contributed by atoms with Gasteiger partial charge in [0, 0.05) is 25.6 Å². The van der Waals surface area contributed by atoms with Crippen LogP contribution >= 0.6 is 0 Å². The predicted molar refractivity (Wildman–Crippen MR) is 72.5 cm³/mol. The largest absolute Gasteiger partial charge is 0.352 e. The highest BCUT2D eigenvalue weighted by Crippen LogP contribution is 2.21. The molecule has 0 aromatic rings. The monoisotopic (exact) mass is 268 g/mol. The molecule has 2 heterocycles. The van der Waals surface area contributed by atoms with E-state index in [0.717, 1.165) is 51.9 Å². The van der Waals surface area contributed by atoms with Crippen LogP contribution in [0.2, 0.25) is 0 Å². The lowest BCUT2D eigenvalue weighted by Gasteiger charge is -2.36. The maximum atomic E-state index is 12.4. The molecule has 2 aliphatic heterocycles. The number of rotatable bonds is 3. The van der Waals surface area contributed by atoms with E-state index in [1.165, 1.54) is 0 Å². The van der Waals surface area contributed by atoms with Crippen LogP contribution in [-0.2, 0) is 4.79 Å². The van der Waals surface area contributed by atoms with Crippen molar-refractivity contribution >= 4 is 11.9 Å².